The van der Waals surface area contributed by atoms with Gasteiger partial charge in [0.15, 0.2) is 0 Å². The zero-order valence-electron chi connectivity index (χ0n) is 15.9. The molecule has 0 radical (unpaired) electrons. The van der Waals surface area contributed by atoms with E-state index in [2.05, 4.69) is 43.3 Å². The highest BCUT2D eigenvalue weighted by molar-refractivity contribution is 5.27. The average Bonchev–Trinajstić information content (AvgIpc) is 2.66. The molecule has 2 rings (SSSR count). The molecule has 1 aliphatic carbocycles. The van der Waals surface area contributed by atoms with E-state index in [1.165, 1.54) is 44.1 Å². The zero-order valence-corrected chi connectivity index (χ0v) is 15.9. The van der Waals surface area contributed by atoms with E-state index in [-0.39, 0.29) is 6.67 Å². The molecule has 0 amide bonds. The Morgan fingerprint density at radius 3 is 2.52 bits per heavy atom. The number of alkyl halides is 1. The molecule has 0 aliphatic heterocycles. The van der Waals surface area contributed by atoms with Crippen molar-refractivity contribution in [2.24, 2.45) is 11.8 Å². The Labute approximate surface area is 153 Å². The van der Waals surface area contributed by atoms with E-state index in [1.54, 1.807) is 0 Å². The lowest BCUT2D eigenvalue weighted by Gasteiger charge is -2.26. The summed E-state index contributed by atoms with van der Waals surface area (Å²) in [5, 5.41) is 0. The fraction of sp³-hybridized carbons (Fsp3) is 0.652. The molecular weight excluding hydrogens is 311 g/mol. The standard InChI is InChI=1S/C23H35FO/c1-2-19-25-23-16-14-22(15-17-23)13-12-21-10-8-20(9-11-21)7-5-3-4-6-18-24/h5,7,14-17,20-21H,2-4,6,8-13,18-19H2,1H3/t20-,21-. The topological polar surface area (TPSA) is 9.23 Å². The Morgan fingerprint density at radius 2 is 1.84 bits per heavy atom. The number of unbranched alkanes of at least 4 members (excludes halogenated alkanes) is 2. The van der Waals surface area contributed by atoms with Crippen molar-refractivity contribution >= 4 is 0 Å². The number of allylic oxidation sites excluding steroid dienone is 2. The maximum Gasteiger partial charge on any atom is 0.119 e. The minimum Gasteiger partial charge on any atom is -0.494 e. The van der Waals surface area contributed by atoms with Crippen LogP contribution in [0.2, 0.25) is 0 Å². The summed E-state index contributed by atoms with van der Waals surface area (Å²) in [5.74, 6) is 2.63. The van der Waals surface area contributed by atoms with Crippen LogP contribution in [0.25, 0.3) is 0 Å². The fourth-order valence-electron chi connectivity index (χ4n) is 3.66. The van der Waals surface area contributed by atoms with Gasteiger partial charge in [0.2, 0.25) is 0 Å². The van der Waals surface area contributed by atoms with Gasteiger partial charge in [-0.1, -0.05) is 31.2 Å². The van der Waals surface area contributed by atoms with Crippen molar-refractivity contribution in [1.82, 2.24) is 0 Å². The molecule has 140 valence electrons. The average molecular weight is 347 g/mol. The van der Waals surface area contributed by atoms with Crippen molar-refractivity contribution in [1.29, 1.82) is 0 Å². The lowest BCUT2D eigenvalue weighted by atomic mass is 9.79. The Hall–Kier alpha value is -1.31. The van der Waals surface area contributed by atoms with Gasteiger partial charge in [0, 0.05) is 0 Å². The van der Waals surface area contributed by atoms with Gasteiger partial charge >= 0.3 is 0 Å². The molecule has 0 N–H and O–H groups in total. The number of benzene rings is 1. The molecule has 1 saturated carbocycles. The Kier molecular flexibility index (Phi) is 9.69. The minimum absolute atomic E-state index is 0.173. The molecule has 0 unspecified atom stereocenters. The van der Waals surface area contributed by atoms with E-state index in [9.17, 15) is 4.39 Å². The van der Waals surface area contributed by atoms with Crippen molar-refractivity contribution in [2.45, 2.75) is 71.1 Å². The lowest BCUT2D eigenvalue weighted by molar-refractivity contribution is 0.295. The zero-order chi connectivity index (χ0) is 17.7. The smallest absolute Gasteiger partial charge is 0.119 e. The summed E-state index contributed by atoms with van der Waals surface area (Å²) in [6, 6.07) is 8.65. The molecule has 0 bridgehead atoms. The first-order chi connectivity index (χ1) is 12.3. The quantitative estimate of drug-likeness (QED) is 0.312. The SMILES string of the molecule is CCCOc1ccc(CC[C@H]2CC[C@H](C=CCCCCF)CC2)cc1. The molecule has 0 atom stereocenters. The predicted molar refractivity (Wildman–Crippen MR) is 105 cm³/mol. The van der Waals surface area contributed by atoms with Crippen LogP contribution in [0.3, 0.4) is 0 Å². The van der Waals surface area contributed by atoms with Gasteiger partial charge in [-0.3, -0.25) is 4.39 Å². The van der Waals surface area contributed by atoms with Crippen molar-refractivity contribution in [3.05, 3.63) is 42.0 Å². The number of ether oxygens (including phenoxy) is 1. The monoisotopic (exact) mass is 346 g/mol. The molecule has 0 saturated heterocycles. The molecule has 1 fully saturated rings. The van der Waals surface area contributed by atoms with Crippen LogP contribution in [0.1, 0.15) is 70.3 Å². The third kappa shape index (κ3) is 8.07. The molecule has 0 heterocycles. The molecule has 1 aromatic rings. The van der Waals surface area contributed by atoms with Crippen LogP contribution < -0.4 is 4.74 Å². The second-order valence-corrected chi connectivity index (χ2v) is 7.42. The Balaban J connectivity index is 1.61. The molecular formula is C23H35FO. The first-order valence-electron chi connectivity index (χ1n) is 10.3. The Bertz CT molecular complexity index is 471. The molecule has 1 nitrogen and oxygen atoms in total. The molecule has 1 aromatic carbocycles. The number of halogens is 1. The van der Waals surface area contributed by atoms with Crippen LogP contribution >= 0.6 is 0 Å². The third-order valence-corrected chi connectivity index (χ3v) is 5.29. The highest BCUT2D eigenvalue weighted by Gasteiger charge is 2.19. The summed E-state index contributed by atoms with van der Waals surface area (Å²) in [4.78, 5) is 0. The van der Waals surface area contributed by atoms with Gasteiger partial charge in [0.25, 0.3) is 0 Å². The summed E-state index contributed by atoms with van der Waals surface area (Å²) in [6.07, 6.45) is 16.3. The van der Waals surface area contributed by atoms with Gasteiger partial charge in [0.1, 0.15) is 5.75 Å². The minimum atomic E-state index is -0.173. The third-order valence-electron chi connectivity index (χ3n) is 5.29. The summed E-state index contributed by atoms with van der Waals surface area (Å²) < 4.78 is 17.7. The number of rotatable bonds is 11. The second kappa shape index (κ2) is 12.1. The number of hydrogen-bond donors (Lipinski definition) is 0. The predicted octanol–water partition coefficient (Wildman–Crippen LogP) is 6.91. The van der Waals surface area contributed by atoms with E-state index >= 15 is 0 Å². The second-order valence-electron chi connectivity index (χ2n) is 7.42. The van der Waals surface area contributed by atoms with Crippen molar-refractivity contribution in [2.75, 3.05) is 13.3 Å². The molecule has 25 heavy (non-hydrogen) atoms. The van der Waals surface area contributed by atoms with Gasteiger partial charge in [-0.05, 0) is 93.7 Å². The van der Waals surface area contributed by atoms with Crippen LogP contribution in [0.5, 0.6) is 5.75 Å². The maximum absolute atomic E-state index is 12.1. The lowest BCUT2D eigenvalue weighted by Crippen LogP contribution is -2.13. The van der Waals surface area contributed by atoms with Crippen molar-refractivity contribution in [3.63, 3.8) is 0 Å². The number of aryl methyl sites for hydroxylation is 1. The van der Waals surface area contributed by atoms with Crippen LogP contribution in [-0.2, 0) is 6.42 Å². The normalized spacial score (nSPS) is 20.9. The molecule has 2 heteroatoms. The van der Waals surface area contributed by atoms with Gasteiger partial charge in [-0.2, -0.15) is 0 Å². The van der Waals surface area contributed by atoms with Crippen molar-refractivity contribution in [3.8, 4) is 5.75 Å². The van der Waals surface area contributed by atoms with Crippen LogP contribution in [0.4, 0.5) is 4.39 Å². The highest BCUT2D eigenvalue weighted by atomic mass is 19.1. The van der Waals surface area contributed by atoms with Crippen molar-refractivity contribution < 1.29 is 9.13 Å². The summed E-state index contributed by atoms with van der Waals surface area (Å²) in [7, 11) is 0. The Morgan fingerprint density at radius 1 is 1.08 bits per heavy atom. The van der Waals surface area contributed by atoms with Gasteiger partial charge in [0.05, 0.1) is 13.3 Å². The molecule has 0 spiro atoms. The highest BCUT2D eigenvalue weighted by Crippen LogP contribution is 2.32. The summed E-state index contributed by atoms with van der Waals surface area (Å²) in [6.45, 7) is 2.76. The fourth-order valence-corrected chi connectivity index (χ4v) is 3.66. The van der Waals surface area contributed by atoms with E-state index in [1.807, 2.05) is 0 Å². The number of hydrogen-bond acceptors (Lipinski definition) is 1. The summed E-state index contributed by atoms with van der Waals surface area (Å²) in [5.41, 5.74) is 1.43. The van der Waals surface area contributed by atoms with Crippen LogP contribution in [0.15, 0.2) is 36.4 Å². The van der Waals surface area contributed by atoms with Gasteiger partial charge < -0.3 is 4.74 Å². The van der Waals surface area contributed by atoms with Crippen LogP contribution in [0, 0.1) is 11.8 Å². The van der Waals surface area contributed by atoms with Crippen LogP contribution in [-0.4, -0.2) is 13.3 Å². The molecule has 0 aromatic heterocycles. The van der Waals surface area contributed by atoms with E-state index in [4.69, 9.17) is 4.74 Å². The van der Waals surface area contributed by atoms with E-state index < -0.39 is 0 Å². The first kappa shape index (κ1) is 20.0. The van der Waals surface area contributed by atoms with E-state index in [0.29, 0.717) is 6.42 Å². The summed E-state index contributed by atoms with van der Waals surface area (Å²) >= 11 is 0. The van der Waals surface area contributed by atoms with E-state index in [0.717, 1.165) is 43.5 Å². The van der Waals surface area contributed by atoms with Gasteiger partial charge in [-0.25, -0.2) is 0 Å². The van der Waals surface area contributed by atoms with Gasteiger partial charge in [-0.15, -0.1) is 0 Å². The maximum atomic E-state index is 12.1. The molecule has 1 aliphatic rings. The largest absolute Gasteiger partial charge is 0.494 e. The first-order valence-corrected chi connectivity index (χ1v) is 10.3.